The molecule has 1 aliphatic rings. The van der Waals surface area contributed by atoms with Gasteiger partial charge in [-0.1, -0.05) is 6.07 Å². The molecule has 0 amide bonds. The molecule has 3 heterocycles. The van der Waals surface area contributed by atoms with E-state index in [-0.39, 0.29) is 0 Å². The number of tetrazole rings is 1. The lowest BCUT2D eigenvalue weighted by Crippen LogP contribution is -2.42. The molecule has 16 heavy (non-hydrogen) atoms. The van der Waals surface area contributed by atoms with Crippen LogP contribution in [0.25, 0.3) is 5.65 Å². The zero-order valence-electron chi connectivity index (χ0n) is 9.00. The van der Waals surface area contributed by atoms with Crippen LogP contribution in [0.15, 0.2) is 18.3 Å². The van der Waals surface area contributed by atoms with Crippen LogP contribution in [0.5, 0.6) is 0 Å². The lowest BCUT2D eigenvalue weighted by atomic mass is 10.2. The molecule has 1 fully saturated rings. The van der Waals surface area contributed by atoms with Crippen LogP contribution in [-0.4, -0.2) is 51.1 Å². The fourth-order valence-corrected chi connectivity index (χ4v) is 2.05. The summed E-state index contributed by atoms with van der Waals surface area (Å²) in [4.78, 5) is 2.42. The Bertz CT molecular complexity index is 473. The number of nitrogens with zero attached hydrogens (tertiary/aromatic N) is 5. The zero-order valence-corrected chi connectivity index (χ0v) is 9.00. The number of piperazine rings is 1. The topological polar surface area (TPSA) is 58.3 Å². The highest BCUT2D eigenvalue weighted by atomic mass is 15.5. The minimum absolute atomic E-state index is 0.862. The number of rotatable bonds is 2. The van der Waals surface area contributed by atoms with Gasteiger partial charge >= 0.3 is 0 Å². The third-order valence-corrected chi connectivity index (χ3v) is 2.91. The molecule has 0 radical (unpaired) electrons. The Morgan fingerprint density at radius 1 is 1.31 bits per heavy atom. The van der Waals surface area contributed by atoms with Crippen molar-refractivity contribution in [3.63, 3.8) is 0 Å². The van der Waals surface area contributed by atoms with Crippen molar-refractivity contribution in [1.82, 2.24) is 30.3 Å². The van der Waals surface area contributed by atoms with Crippen molar-refractivity contribution in [2.75, 3.05) is 26.2 Å². The molecule has 6 heteroatoms. The molecule has 6 nitrogen and oxygen atoms in total. The molecule has 3 rings (SSSR count). The van der Waals surface area contributed by atoms with Gasteiger partial charge in [-0.3, -0.25) is 4.90 Å². The summed E-state index contributed by atoms with van der Waals surface area (Å²) in [7, 11) is 0. The predicted molar refractivity (Wildman–Crippen MR) is 58.9 cm³/mol. The van der Waals surface area contributed by atoms with E-state index in [2.05, 4.69) is 31.8 Å². The van der Waals surface area contributed by atoms with Crippen molar-refractivity contribution >= 4 is 5.65 Å². The van der Waals surface area contributed by atoms with Gasteiger partial charge in [-0.2, -0.15) is 0 Å². The zero-order chi connectivity index (χ0) is 10.8. The molecule has 2 aromatic rings. The first kappa shape index (κ1) is 9.68. The number of aromatic nitrogens is 4. The standard InChI is InChI=1S/C10H14N6/c1-2-9(8-15-6-3-11-4-7-15)10-12-13-14-16(10)5-1/h1-2,5,11H,3-4,6-8H2. The Hall–Kier alpha value is -1.53. The maximum Gasteiger partial charge on any atom is 0.183 e. The van der Waals surface area contributed by atoms with Gasteiger partial charge in [-0.05, 0) is 16.5 Å². The van der Waals surface area contributed by atoms with Gasteiger partial charge < -0.3 is 5.32 Å². The Balaban J connectivity index is 1.85. The number of fused-ring (bicyclic) bond motifs is 1. The summed E-state index contributed by atoms with van der Waals surface area (Å²) in [5.41, 5.74) is 2.05. The van der Waals surface area contributed by atoms with E-state index in [1.165, 1.54) is 5.56 Å². The summed E-state index contributed by atoms with van der Waals surface area (Å²) < 4.78 is 1.72. The molecule has 1 N–H and O–H groups in total. The van der Waals surface area contributed by atoms with Crippen LogP contribution in [0.3, 0.4) is 0 Å². The highest BCUT2D eigenvalue weighted by molar-refractivity contribution is 5.44. The van der Waals surface area contributed by atoms with E-state index in [0.717, 1.165) is 38.4 Å². The molecular formula is C10H14N6. The molecule has 84 valence electrons. The maximum absolute atomic E-state index is 4.04. The van der Waals surface area contributed by atoms with Gasteiger partial charge in [0.05, 0.1) is 0 Å². The molecule has 1 saturated heterocycles. The van der Waals surface area contributed by atoms with Crippen LogP contribution >= 0.6 is 0 Å². The van der Waals surface area contributed by atoms with E-state index < -0.39 is 0 Å². The highest BCUT2D eigenvalue weighted by Gasteiger charge is 2.12. The van der Waals surface area contributed by atoms with Crippen molar-refractivity contribution in [2.24, 2.45) is 0 Å². The van der Waals surface area contributed by atoms with E-state index in [1.54, 1.807) is 4.52 Å². The van der Waals surface area contributed by atoms with Crippen molar-refractivity contribution in [2.45, 2.75) is 6.54 Å². The quantitative estimate of drug-likeness (QED) is 0.738. The maximum atomic E-state index is 4.04. The molecular weight excluding hydrogens is 204 g/mol. The fraction of sp³-hybridized carbons (Fsp3) is 0.500. The predicted octanol–water partition coefficient (Wildman–Crippen LogP) is -0.471. The first-order chi connectivity index (χ1) is 7.93. The van der Waals surface area contributed by atoms with E-state index >= 15 is 0 Å². The van der Waals surface area contributed by atoms with Crippen LogP contribution in [-0.2, 0) is 6.54 Å². The van der Waals surface area contributed by atoms with Gasteiger partial charge in [0.2, 0.25) is 0 Å². The van der Waals surface area contributed by atoms with Gasteiger partial charge in [0.1, 0.15) is 0 Å². The summed E-state index contributed by atoms with van der Waals surface area (Å²) in [5, 5.41) is 15.0. The monoisotopic (exact) mass is 218 g/mol. The molecule has 0 saturated carbocycles. The van der Waals surface area contributed by atoms with Crippen molar-refractivity contribution in [3.05, 3.63) is 23.9 Å². The van der Waals surface area contributed by atoms with Crippen molar-refractivity contribution in [1.29, 1.82) is 0 Å². The second-order valence-corrected chi connectivity index (χ2v) is 4.01. The average Bonchev–Trinajstić information content (AvgIpc) is 2.80. The summed E-state index contributed by atoms with van der Waals surface area (Å²) >= 11 is 0. The van der Waals surface area contributed by atoms with Crippen LogP contribution in [0, 0.1) is 0 Å². The second-order valence-electron chi connectivity index (χ2n) is 4.01. The lowest BCUT2D eigenvalue weighted by Gasteiger charge is -2.27. The number of nitrogens with one attached hydrogen (secondary N) is 1. The fourth-order valence-electron chi connectivity index (χ4n) is 2.05. The minimum Gasteiger partial charge on any atom is -0.314 e. The van der Waals surface area contributed by atoms with E-state index in [1.807, 2.05) is 12.3 Å². The SMILES string of the molecule is c1cc(CN2CCNCC2)c2nnnn2c1. The van der Waals surface area contributed by atoms with Gasteiger partial charge in [-0.15, -0.1) is 5.10 Å². The smallest absolute Gasteiger partial charge is 0.183 e. The Morgan fingerprint density at radius 3 is 3.06 bits per heavy atom. The number of hydrogen-bond acceptors (Lipinski definition) is 5. The van der Waals surface area contributed by atoms with Crippen molar-refractivity contribution in [3.8, 4) is 0 Å². The molecule has 2 aromatic heterocycles. The lowest BCUT2D eigenvalue weighted by molar-refractivity contribution is 0.233. The van der Waals surface area contributed by atoms with E-state index in [9.17, 15) is 0 Å². The summed E-state index contributed by atoms with van der Waals surface area (Å²) in [6.45, 7) is 5.22. The molecule has 0 aromatic carbocycles. The third-order valence-electron chi connectivity index (χ3n) is 2.91. The first-order valence-corrected chi connectivity index (χ1v) is 5.52. The van der Waals surface area contributed by atoms with Crippen LogP contribution < -0.4 is 5.32 Å². The summed E-state index contributed by atoms with van der Waals surface area (Å²) in [6.07, 6.45) is 1.87. The van der Waals surface area contributed by atoms with Gasteiger partial charge in [0.25, 0.3) is 0 Å². The third kappa shape index (κ3) is 1.77. The number of hydrogen-bond donors (Lipinski definition) is 1. The molecule has 0 spiro atoms. The second kappa shape index (κ2) is 4.15. The van der Waals surface area contributed by atoms with Crippen LogP contribution in [0.2, 0.25) is 0 Å². The molecule has 1 aliphatic heterocycles. The Morgan fingerprint density at radius 2 is 2.19 bits per heavy atom. The highest BCUT2D eigenvalue weighted by Crippen LogP contribution is 2.10. The largest absolute Gasteiger partial charge is 0.314 e. The summed E-state index contributed by atoms with van der Waals surface area (Å²) in [6, 6.07) is 4.08. The molecule has 0 atom stereocenters. The molecule has 0 bridgehead atoms. The van der Waals surface area contributed by atoms with Crippen LogP contribution in [0.1, 0.15) is 5.56 Å². The average molecular weight is 218 g/mol. The Kier molecular flexibility index (Phi) is 2.51. The minimum atomic E-state index is 0.862. The van der Waals surface area contributed by atoms with E-state index in [4.69, 9.17) is 0 Å². The van der Waals surface area contributed by atoms with Gasteiger partial charge in [0, 0.05) is 44.5 Å². The van der Waals surface area contributed by atoms with Crippen molar-refractivity contribution < 1.29 is 0 Å². The molecule has 0 unspecified atom stereocenters. The molecule has 0 aliphatic carbocycles. The van der Waals surface area contributed by atoms with Crippen LogP contribution in [0.4, 0.5) is 0 Å². The summed E-state index contributed by atoms with van der Waals surface area (Å²) in [5.74, 6) is 0. The first-order valence-electron chi connectivity index (χ1n) is 5.52. The normalized spacial score (nSPS) is 18.0. The van der Waals surface area contributed by atoms with Gasteiger partial charge in [-0.25, -0.2) is 4.52 Å². The van der Waals surface area contributed by atoms with E-state index in [0.29, 0.717) is 0 Å². The number of pyridine rings is 1. The van der Waals surface area contributed by atoms with Gasteiger partial charge in [0.15, 0.2) is 5.65 Å². The Labute approximate surface area is 93.2 Å².